The van der Waals surface area contributed by atoms with E-state index in [2.05, 4.69) is 4.74 Å². The second-order valence-electron chi connectivity index (χ2n) is 3.01. The number of carboxylic acids is 2. The average molecular weight is 242 g/mol. The van der Waals surface area contributed by atoms with E-state index in [4.69, 9.17) is 10.2 Å². The first-order chi connectivity index (χ1) is 7.73. The lowest BCUT2D eigenvalue weighted by atomic mass is 10.2. The molecule has 7 nitrogen and oxygen atoms in total. The molecule has 17 heavy (non-hydrogen) atoms. The summed E-state index contributed by atoms with van der Waals surface area (Å²) in [5.74, 6) is -5.00. The summed E-state index contributed by atoms with van der Waals surface area (Å²) in [5.41, 5.74) is -0.567. The first-order valence-electron chi connectivity index (χ1n) is 4.33. The smallest absolute Gasteiger partial charge is 0.341 e. The van der Waals surface area contributed by atoms with E-state index in [1.807, 2.05) is 0 Å². The quantitative estimate of drug-likeness (QED) is 0.408. The second kappa shape index (κ2) is 6.21. The number of hydrogen-bond donors (Lipinski definition) is 2. The second-order valence-corrected chi connectivity index (χ2v) is 3.01. The molecule has 0 aromatic heterocycles. The van der Waals surface area contributed by atoms with Crippen LogP contribution in [-0.2, 0) is 23.9 Å². The van der Waals surface area contributed by atoms with Gasteiger partial charge in [-0.2, -0.15) is 0 Å². The fourth-order valence-electron chi connectivity index (χ4n) is 0.733. The number of carbonyl (C=O) groups excluding carboxylic acids is 2. The van der Waals surface area contributed by atoms with Gasteiger partial charge in [0.2, 0.25) is 0 Å². The number of carboxylic acid groups (broad SMARTS) is 2. The summed E-state index contributed by atoms with van der Waals surface area (Å²) in [6, 6.07) is 0. The molecule has 0 aliphatic heterocycles. The number of ether oxygens (including phenoxy) is 1. The highest BCUT2D eigenvalue weighted by molar-refractivity contribution is 6.05. The van der Waals surface area contributed by atoms with Crippen molar-refractivity contribution in [2.24, 2.45) is 0 Å². The lowest BCUT2D eigenvalue weighted by molar-refractivity contribution is -0.154. The molecule has 0 radical (unpaired) electrons. The van der Waals surface area contributed by atoms with Gasteiger partial charge in [-0.1, -0.05) is 0 Å². The Kier molecular flexibility index (Phi) is 5.32. The minimum Gasteiger partial charge on any atom is -0.478 e. The van der Waals surface area contributed by atoms with Gasteiger partial charge in [0.25, 0.3) is 0 Å². The number of aliphatic carboxylic acids is 2. The minimum atomic E-state index is -1.36. The van der Waals surface area contributed by atoms with Crippen molar-refractivity contribution in [1.82, 2.24) is 0 Å². The molecule has 0 aliphatic rings. The van der Waals surface area contributed by atoms with Crippen LogP contribution in [0.15, 0.2) is 23.3 Å². The highest BCUT2D eigenvalue weighted by Crippen LogP contribution is 2.02. The van der Waals surface area contributed by atoms with Gasteiger partial charge in [0.05, 0.1) is 0 Å². The standard InChI is InChI=1S/C10H10O7/c1-5(3-7(11)12)9(15)17-10(16)6(2)4-8(13)14/h3-4H,1-2H3,(H,11,12)(H,13,14)/b5-3+,6-4+. The normalized spacial score (nSPS) is 11.9. The van der Waals surface area contributed by atoms with Crippen LogP contribution in [0.4, 0.5) is 0 Å². The molecule has 0 rings (SSSR count). The van der Waals surface area contributed by atoms with Gasteiger partial charge in [0.1, 0.15) is 0 Å². The number of carbonyl (C=O) groups is 4. The van der Waals surface area contributed by atoms with E-state index in [1.165, 1.54) is 0 Å². The van der Waals surface area contributed by atoms with E-state index < -0.39 is 23.9 Å². The number of esters is 2. The lowest BCUT2D eigenvalue weighted by Gasteiger charge is -2.01. The molecule has 0 spiro atoms. The molecule has 0 aromatic rings. The molecule has 0 saturated carbocycles. The van der Waals surface area contributed by atoms with Gasteiger partial charge >= 0.3 is 23.9 Å². The Bertz CT molecular complexity index is 388. The Morgan fingerprint density at radius 3 is 1.35 bits per heavy atom. The summed E-state index contributed by atoms with van der Waals surface area (Å²) in [4.78, 5) is 42.7. The van der Waals surface area contributed by atoms with E-state index in [9.17, 15) is 19.2 Å². The zero-order valence-electron chi connectivity index (χ0n) is 9.09. The molecule has 0 unspecified atom stereocenters. The molecule has 0 saturated heterocycles. The fourth-order valence-corrected chi connectivity index (χ4v) is 0.733. The predicted molar refractivity (Wildman–Crippen MR) is 53.9 cm³/mol. The zero-order valence-corrected chi connectivity index (χ0v) is 9.09. The number of rotatable bonds is 4. The van der Waals surface area contributed by atoms with Gasteiger partial charge in [-0.25, -0.2) is 19.2 Å². The van der Waals surface area contributed by atoms with Crippen molar-refractivity contribution in [2.75, 3.05) is 0 Å². The molecule has 7 heteroatoms. The van der Waals surface area contributed by atoms with Crippen molar-refractivity contribution < 1.29 is 34.1 Å². The SMILES string of the molecule is C/C(=C\C(=O)O)C(=O)OC(=O)/C(C)=C/C(=O)O. The monoisotopic (exact) mass is 242 g/mol. The van der Waals surface area contributed by atoms with Crippen molar-refractivity contribution in [3.8, 4) is 0 Å². The molecule has 0 aromatic carbocycles. The van der Waals surface area contributed by atoms with Gasteiger partial charge in [0.15, 0.2) is 0 Å². The van der Waals surface area contributed by atoms with Gasteiger partial charge in [-0.15, -0.1) is 0 Å². The van der Waals surface area contributed by atoms with Crippen molar-refractivity contribution in [3.05, 3.63) is 23.3 Å². The van der Waals surface area contributed by atoms with E-state index >= 15 is 0 Å². The van der Waals surface area contributed by atoms with Crippen molar-refractivity contribution in [1.29, 1.82) is 0 Å². The zero-order chi connectivity index (χ0) is 13.6. The van der Waals surface area contributed by atoms with Crippen LogP contribution in [0, 0.1) is 0 Å². The average Bonchev–Trinajstić information content (AvgIpc) is 2.15. The molecule has 0 fully saturated rings. The number of hydrogen-bond acceptors (Lipinski definition) is 5. The molecule has 0 aliphatic carbocycles. The van der Waals surface area contributed by atoms with E-state index in [1.54, 1.807) is 0 Å². The summed E-state index contributed by atoms with van der Waals surface area (Å²) in [7, 11) is 0. The lowest BCUT2D eigenvalue weighted by Crippen LogP contribution is -2.15. The van der Waals surface area contributed by atoms with E-state index in [0.717, 1.165) is 13.8 Å². The third-order valence-electron chi connectivity index (χ3n) is 1.51. The first-order valence-corrected chi connectivity index (χ1v) is 4.33. The molecule has 0 bridgehead atoms. The van der Waals surface area contributed by atoms with Crippen molar-refractivity contribution >= 4 is 23.9 Å². The minimum absolute atomic E-state index is 0.283. The maximum absolute atomic E-state index is 11.1. The highest BCUT2D eigenvalue weighted by Gasteiger charge is 2.15. The topological polar surface area (TPSA) is 118 Å². The molecule has 2 N–H and O–H groups in total. The van der Waals surface area contributed by atoms with Crippen molar-refractivity contribution in [3.63, 3.8) is 0 Å². The Morgan fingerprint density at radius 1 is 0.824 bits per heavy atom. The Hall–Kier alpha value is -2.44. The Balaban J connectivity index is 4.67. The Labute approximate surface area is 96.0 Å². The van der Waals surface area contributed by atoms with Gasteiger partial charge in [0, 0.05) is 23.3 Å². The summed E-state index contributed by atoms with van der Waals surface area (Å²) < 4.78 is 4.23. The van der Waals surface area contributed by atoms with Crippen LogP contribution in [0.1, 0.15) is 13.8 Å². The largest absolute Gasteiger partial charge is 0.478 e. The van der Waals surface area contributed by atoms with Crippen LogP contribution in [0.5, 0.6) is 0 Å². The summed E-state index contributed by atoms with van der Waals surface area (Å²) in [6.07, 6.45) is 1.15. The predicted octanol–water partition coefficient (Wildman–Crippen LogP) is 0.118. The highest BCUT2D eigenvalue weighted by atomic mass is 16.6. The van der Waals surface area contributed by atoms with Gasteiger partial charge in [-0.05, 0) is 13.8 Å². The van der Waals surface area contributed by atoms with Crippen LogP contribution in [-0.4, -0.2) is 34.1 Å². The fraction of sp³-hybridized carbons (Fsp3) is 0.200. The molecule has 92 valence electrons. The van der Waals surface area contributed by atoms with Crippen molar-refractivity contribution in [2.45, 2.75) is 13.8 Å². The summed E-state index contributed by atoms with van der Waals surface area (Å²) in [5, 5.41) is 16.7. The molecule has 0 heterocycles. The molecule has 0 amide bonds. The Morgan fingerprint density at radius 2 is 1.12 bits per heavy atom. The molecular weight excluding hydrogens is 232 g/mol. The maximum atomic E-state index is 11.1. The summed E-state index contributed by atoms with van der Waals surface area (Å²) in [6.45, 7) is 2.31. The first kappa shape index (κ1) is 14.6. The van der Waals surface area contributed by atoms with Crippen LogP contribution in [0.2, 0.25) is 0 Å². The van der Waals surface area contributed by atoms with Gasteiger partial charge in [-0.3, -0.25) is 0 Å². The molecular formula is C10H10O7. The third-order valence-corrected chi connectivity index (χ3v) is 1.51. The third kappa shape index (κ3) is 5.88. The van der Waals surface area contributed by atoms with Crippen LogP contribution in [0.25, 0.3) is 0 Å². The van der Waals surface area contributed by atoms with Crippen LogP contribution in [0.3, 0.4) is 0 Å². The summed E-state index contributed by atoms with van der Waals surface area (Å²) >= 11 is 0. The van der Waals surface area contributed by atoms with E-state index in [-0.39, 0.29) is 11.1 Å². The maximum Gasteiger partial charge on any atom is 0.341 e. The van der Waals surface area contributed by atoms with Crippen LogP contribution < -0.4 is 0 Å². The van der Waals surface area contributed by atoms with Gasteiger partial charge < -0.3 is 14.9 Å². The molecule has 0 atom stereocenters. The van der Waals surface area contributed by atoms with E-state index in [0.29, 0.717) is 12.2 Å². The van der Waals surface area contributed by atoms with Crippen LogP contribution >= 0.6 is 0 Å².